The lowest BCUT2D eigenvalue weighted by atomic mass is 10.0. The Morgan fingerprint density at radius 1 is 1.04 bits per heavy atom. The van der Waals surface area contributed by atoms with Crippen LogP contribution in [0.3, 0.4) is 0 Å². The molecule has 2 aromatic heterocycles. The highest BCUT2D eigenvalue weighted by atomic mass is 32.1. The number of unbranched alkanes of at least 4 members (excludes halogenated alkanes) is 2. The van der Waals surface area contributed by atoms with Crippen molar-refractivity contribution >= 4 is 27.8 Å². The topological polar surface area (TPSA) is 16.1 Å². The molecule has 0 atom stereocenters. The Kier molecular flexibility index (Phi) is 5.78. The highest BCUT2D eigenvalue weighted by molar-refractivity contribution is 7.11. The van der Waals surface area contributed by atoms with Crippen molar-refractivity contribution in [2.75, 3.05) is 19.6 Å². The molecule has 3 heterocycles. The monoisotopic (exact) mass is 362 g/mol. The van der Waals surface area contributed by atoms with Gasteiger partial charge in [-0.2, -0.15) is 0 Å². The standard InChI is InChI=1S/C23H26N2S/c1(2-7-19-17-21-8-3-4-9-22(21)24-18-19)5-13-25-14-11-20(12-15-25)23-10-6-16-26-23/h3-4,6,8-11,16-18H,1-2,5,7,12-15H2. The average Bonchev–Trinajstić information content (AvgIpc) is 3.23. The first-order valence-electron chi connectivity index (χ1n) is 9.67. The molecular weight excluding hydrogens is 336 g/mol. The Bertz CT molecular complexity index is 867. The van der Waals surface area contributed by atoms with E-state index in [9.17, 15) is 0 Å². The van der Waals surface area contributed by atoms with Crippen molar-refractivity contribution in [2.45, 2.75) is 32.1 Å². The zero-order valence-electron chi connectivity index (χ0n) is 15.2. The first-order valence-corrected chi connectivity index (χ1v) is 10.6. The number of nitrogens with zero attached hydrogens (tertiary/aromatic N) is 2. The van der Waals surface area contributed by atoms with Crippen LogP contribution < -0.4 is 0 Å². The Morgan fingerprint density at radius 3 is 2.85 bits per heavy atom. The minimum Gasteiger partial charge on any atom is -0.299 e. The minimum absolute atomic E-state index is 1.09. The van der Waals surface area contributed by atoms with Crippen molar-refractivity contribution in [2.24, 2.45) is 0 Å². The quantitative estimate of drug-likeness (QED) is 0.494. The Morgan fingerprint density at radius 2 is 2.00 bits per heavy atom. The molecule has 0 spiro atoms. The maximum Gasteiger partial charge on any atom is 0.0702 e. The third-order valence-electron chi connectivity index (χ3n) is 5.22. The van der Waals surface area contributed by atoms with Gasteiger partial charge < -0.3 is 0 Å². The summed E-state index contributed by atoms with van der Waals surface area (Å²) in [7, 11) is 0. The average molecular weight is 363 g/mol. The lowest BCUT2D eigenvalue weighted by Crippen LogP contribution is -2.29. The fraction of sp³-hybridized carbons (Fsp3) is 0.348. The largest absolute Gasteiger partial charge is 0.299 e. The normalized spacial score (nSPS) is 15.3. The molecule has 0 N–H and O–H groups in total. The molecular formula is C23H26N2S. The second-order valence-corrected chi connectivity index (χ2v) is 8.05. The maximum absolute atomic E-state index is 4.57. The van der Waals surface area contributed by atoms with Gasteiger partial charge in [-0.25, -0.2) is 0 Å². The number of para-hydroxylation sites is 1. The molecule has 1 aromatic carbocycles. The van der Waals surface area contributed by atoms with Gasteiger partial charge in [-0.3, -0.25) is 9.88 Å². The lowest BCUT2D eigenvalue weighted by Gasteiger charge is -2.25. The number of fused-ring (bicyclic) bond motifs is 1. The van der Waals surface area contributed by atoms with Crippen molar-refractivity contribution in [3.8, 4) is 0 Å². The smallest absolute Gasteiger partial charge is 0.0702 e. The molecule has 3 heteroatoms. The van der Waals surface area contributed by atoms with E-state index < -0.39 is 0 Å². The number of hydrogen-bond acceptors (Lipinski definition) is 3. The van der Waals surface area contributed by atoms with Gasteiger partial charge in [0.1, 0.15) is 0 Å². The summed E-state index contributed by atoms with van der Waals surface area (Å²) in [6, 6.07) is 15.1. The van der Waals surface area contributed by atoms with Crippen LogP contribution in [-0.2, 0) is 6.42 Å². The molecule has 0 saturated heterocycles. The number of pyridine rings is 1. The molecule has 1 aliphatic heterocycles. The van der Waals surface area contributed by atoms with Gasteiger partial charge in [0.25, 0.3) is 0 Å². The van der Waals surface area contributed by atoms with E-state index in [1.807, 2.05) is 23.6 Å². The summed E-state index contributed by atoms with van der Waals surface area (Å²) in [6.45, 7) is 3.55. The Labute approximate surface area is 160 Å². The van der Waals surface area contributed by atoms with Gasteiger partial charge in [0.05, 0.1) is 5.52 Å². The number of aryl methyl sites for hydroxylation is 1. The van der Waals surface area contributed by atoms with Crippen molar-refractivity contribution in [3.05, 3.63) is 70.6 Å². The van der Waals surface area contributed by atoms with Crippen LogP contribution in [0.1, 0.15) is 36.1 Å². The summed E-state index contributed by atoms with van der Waals surface area (Å²) in [5, 5.41) is 3.43. The van der Waals surface area contributed by atoms with Crippen LogP contribution in [0, 0.1) is 0 Å². The SMILES string of the molecule is C1=C(c2cccs2)CCN(CCCCCc2cnc3ccccc3c2)C1. The molecule has 0 unspecified atom stereocenters. The van der Waals surface area contributed by atoms with Crippen molar-refractivity contribution in [1.82, 2.24) is 9.88 Å². The van der Waals surface area contributed by atoms with E-state index in [-0.39, 0.29) is 0 Å². The van der Waals surface area contributed by atoms with Crippen LogP contribution >= 0.6 is 11.3 Å². The summed E-state index contributed by atoms with van der Waals surface area (Å²) in [6.07, 6.45) is 10.7. The van der Waals surface area contributed by atoms with Gasteiger partial charge in [-0.1, -0.05) is 36.8 Å². The van der Waals surface area contributed by atoms with E-state index in [4.69, 9.17) is 0 Å². The minimum atomic E-state index is 1.09. The van der Waals surface area contributed by atoms with Crippen LogP contribution in [0.25, 0.3) is 16.5 Å². The number of hydrogen-bond donors (Lipinski definition) is 0. The molecule has 26 heavy (non-hydrogen) atoms. The van der Waals surface area contributed by atoms with E-state index >= 15 is 0 Å². The Hall–Kier alpha value is -1.97. The molecule has 134 valence electrons. The zero-order chi connectivity index (χ0) is 17.6. The number of benzene rings is 1. The zero-order valence-corrected chi connectivity index (χ0v) is 16.0. The maximum atomic E-state index is 4.57. The summed E-state index contributed by atoms with van der Waals surface area (Å²) >= 11 is 1.86. The highest BCUT2D eigenvalue weighted by Gasteiger charge is 2.12. The van der Waals surface area contributed by atoms with Crippen LogP contribution in [0.5, 0.6) is 0 Å². The third kappa shape index (κ3) is 4.40. The summed E-state index contributed by atoms with van der Waals surface area (Å²) in [4.78, 5) is 8.61. The first-order chi connectivity index (χ1) is 12.9. The third-order valence-corrected chi connectivity index (χ3v) is 6.16. The highest BCUT2D eigenvalue weighted by Crippen LogP contribution is 2.26. The van der Waals surface area contributed by atoms with E-state index in [0.29, 0.717) is 0 Å². The van der Waals surface area contributed by atoms with Crippen LogP contribution in [0.4, 0.5) is 0 Å². The van der Waals surface area contributed by atoms with E-state index in [2.05, 4.69) is 57.7 Å². The van der Waals surface area contributed by atoms with Gasteiger partial charge in [-0.15, -0.1) is 11.3 Å². The van der Waals surface area contributed by atoms with Gasteiger partial charge in [-0.05, 0) is 66.9 Å². The van der Waals surface area contributed by atoms with Crippen LogP contribution in [0.15, 0.2) is 60.1 Å². The van der Waals surface area contributed by atoms with Crippen LogP contribution in [-0.4, -0.2) is 29.5 Å². The molecule has 0 radical (unpaired) electrons. The predicted molar refractivity (Wildman–Crippen MR) is 113 cm³/mol. The van der Waals surface area contributed by atoms with Crippen molar-refractivity contribution < 1.29 is 0 Å². The predicted octanol–water partition coefficient (Wildman–Crippen LogP) is 5.80. The molecule has 3 aromatic rings. The van der Waals surface area contributed by atoms with Crippen molar-refractivity contribution in [3.63, 3.8) is 0 Å². The summed E-state index contributed by atoms with van der Waals surface area (Å²) in [5.74, 6) is 0. The molecule has 0 saturated carbocycles. The molecule has 2 nitrogen and oxygen atoms in total. The van der Waals surface area contributed by atoms with E-state index in [0.717, 1.165) is 18.5 Å². The lowest BCUT2D eigenvalue weighted by molar-refractivity contribution is 0.294. The molecule has 4 rings (SSSR count). The molecule has 1 aliphatic rings. The Balaban J connectivity index is 1.17. The fourth-order valence-electron chi connectivity index (χ4n) is 3.69. The van der Waals surface area contributed by atoms with E-state index in [1.54, 1.807) is 5.57 Å². The van der Waals surface area contributed by atoms with Gasteiger partial charge in [0.2, 0.25) is 0 Å². The van der Waals surface area contributed by atoms with Crippen LogP contribution in [0.2, 0.25) is 0 Å². The molecule has 0 amide bonds. The fourth-order valence-corrected chi connectivity index (χ4v) is 4.49. The van der Waals surface area contributed by atoms with Gasteiger partial charge in [0, 0.05) is 29.5 Å². The van der Waals surface area contributed by atoms with E-state index in [1.165, 1.54) is 54.6 Å². The van der Waals surface area contributed by atoms with Gasteiger partial charge >= 0.3 is 0 Å². The number of rotatable bonds is 7. The van der Waals surface area contributed by atoms with Crippen molar-refractivity contribution in [1.29, 1.82) is 0 Å². The van der Waals surface area contributed by atoms with Gasteiger partial charge in [0.15, 0.2) is 0 Å². The second kappa shape index (κ2) is 8.61. The summed E-state index contributed by atoms with van der Waals surface area (Å²) < 4.78 is 0. The number of aromatic nitrogens is 1. The molecule has 0 bridgehead atoms. The second-order valence-electron chi connectivity index (χ2n) is 7.10. The first kappa shape index (κ1) is 17.4. The molecule has 0 aliphatic carbocycles. The molecule has 0 fully saturated rings. The summed E-state index contributed by atoms with van der Waals surface area (Å²) in [5.41, 5.74) is 4.00. The number of thiophene rings is 1.